The van der Waals surface area contributed by atoms with Crippen LogP contribution < -0.4 is 10.2 Å². The Bertz CT molecular complexity index is 1490. The van der Waals surface area contributed by atoms with Crippen LogP contribution in [0.1, 0.15) is 102 Å². The summed E-state index contributed by atoms with van der Waals surface area (Å²) in [7, 11) is 7.67. The normalized spacial score (nSPS) is 23.0. The standard InChI is InChI=1S/C46H73F9N2O7S2/c1-33(2)62-31-34(32-64-56-4)10-6-21-59-27-29-66-65-28-8-20-57(5)19-7-22-58-25-26-60-36-12-14-37-35(30-36)11-13-39-38(37)17-18-42(3)40(39)15-16-41(42)61-23-9-24-63-43(44(47,48)49,45(50,51)52)46(53,54)55/h12,14,30,33-34,38-41,56H,6-11,13,15-29,31-32H2,1-5H3. The molecule has 0 heterocycles. The monoisotopic (exact) mass is 1000 g/mol. The van der Waals surface area contributed by atoms with E-state index in [4.69, 9.17) is 28.5 Å². The first kappa shape index (κ1) is 57.3. The molecular weight excluding hydrogens is 928 g/mol. The van der Waals surface area contributed by atoms with Crippen LogP contribution in [-0.2, 0) is 34.9 Å². The van der Waals surface area contributed by atoms with Crippen molar-refractivity contribution in [2.45, 2.75) is 134 Å². The molecule has 384 valence electrons. The molecule has 1 aromatic rings. The van der Waals surface area contributed by atoms with Crippen LogP contribution in [0.5, 0.6) is 5.75 Å². The van der Waals surface area contributed by atoms with Gasteiger partial charge >= 0.3 is 24.1 Å². The maximum atomic E-state index is 13.2. The SMILES string of the molecule is CNOCC(CCCOCCSSCCCN(C)CCCOCCOc1ccc2c(c1)CCC1C2CCC2(C)C(OCCCOC(C(F)(F)F)(C(F)(F)F)C(F)(F)F)CCC12)COC(C)C. The third-order valence-electron chi connectivity index (χ3n) is 13.3. The summed E-state index contributed by atoms with van der Waals surface area (Å²) in [6.07, 6.45) is -11.8. The number of aryl methyl sites for hydroxylation is 1. The average Bonchev–Trinajstić information content (AvgIpc) is 3.58. The number of hydroxylamine groups is 1. The first-order chi connectivity index (χ1) is 31.2. The van der Waals surface area contributed by atoms with Gasteiger partial charge in [0.15, 0.2) is 0 Å². The summed E-state index contributed by atoms with van der Waals surface area (Å²) >= 11 is 0. The largest absolute Gasteiger partial charge is 0.491 e. The Morgan fingerprint density at radius 3 is 2.18 bits per heavy atom. The van der Waals surface area contributed by atoms with E-state index in [1.807, 2.05) is 41.5 Å². The van der Waals surface area contributed by atoms with Crippen LogP contribution in [0.4, 0.5) is 39.5 Å². The molecule has 0 aromatic heterocycles. The number of alkyl halides is 9. The van der Waals surface area contributed by atoms with Crippen LogP contribution >= 0.6 is 21.6 Å². The van der Waals surface area contributed by atoms with Crippen LogP contribution in [-0.4, -0.2) is 139 Å². The van der Waals surface area contributed by atoms with Crippen LogP contribution in [0.3, 0.4) is 0 Å². The van der Waals surface area contributed by atoms with Gasteiger partial charge in [-0.25, -0.2) is 5.48 Å². The van der Waals surface area contributed by atoms with Gasteiger partial charge in [0.1, 0.15) is 12.4 Å². The molecule has 0 bridgehead atoms. The molecule has 66 heavy (non-hydrogen) atoms. The third kappa shape index (κ3) is 16.4. The molecular formula is C46H73F9N2O7S2. The minimum absolute atomic E-state index is 0.212. The predicted molar refractivity (Wildman–Crippen MR) is 240 cm³/mol. The Balaban J connectivity index is 1.04. The Morgan fingerprint density at radius 1 is 0.773 bits per heavy atom. The molecule has 20 heteroatoms. The van der Waals surface area contributed by atoms with Gasteiger partial charge in [0.05, 0.1) is 45.2 Å². The van der Waals surface area contributed by atoms with E-state index < -0.39 is 37.2 Å². The first-order valence-electron chi connectivity index (χ1n) is 23.4. The molecule has 1 aromatic carbocycles. The van der Waals surface area contributed by atoms with E-state index in [9.17, 15) is 39.5 Å². The highest BCUT2D eigenvalue weighted by atomic mass is 33.1. The number of hydrogen-bond acceptors (Lipinski definition) is 11. The Hall–Kier alpha value is -1.23. The highest BCUT2D eigenvalue weighted by molar-refractivity contribution is 8.76. The lowest BCUT2D eigenvalue weighted by Crippen LogP contribution is -2.67. The molecule has 0 amide bonds. The van der Waals surface area contributed by atoms with Crippen molar-refractivity contribution in [3.8, 4) is 5.75 Å². The zero-order valence-corrected chi connectivity index (χ0v) is 40.8. The number of fused-ring (bicyclic) bond motifs is 5. The lowest BCUT2D eigenvalue weighted by atomic mass is 9.55. The van der Waals surface area contributed by atoms with E-state index in [0.29, 0.717) is 63.1 Å². The summed E-state index contributed by atoms with van der Waals surface area (Å²) in [5.41, 5.74) is -1.21. The lowest BCUT2D eigenvalue weighted by molar-refractivity contribution is -0.457. The summed E-state index contributed by atoms with van der Waals surface area (Å²) in [5.74, 6) is 4.25. The summed E-state index contributed by atoms with van der Waals surface area (Å²) < 4.78 is 152. The number of ether oxygens (including phenoxy) is 6. The molecule has 3 aliphatic carbocycles. The number of nitrogens with one attached hydrogen (secondary N) is 1. The summed E-state index contributed by atoms with van der Waals surface area (Å²) in [6, 6.07) is 6.29. The summed E-state index contributed by atoms with van der Waals surface area (Å²) in [6.45, 7) is 10.9. The molecule has 2 fully saturated rings. The van der Waals surface area contributed by atoms with Gasteiger partial charge in [0.2, 0.25) is 0 Å². The quantitative estimate of drug-likeness (QED) is 0.0324. The molecule has 0 saturated heterocycles. The predicted octanol–water partition coefficient (Wildman–Crippen LogP) is 11.2. The molecule has 4 rings (SSSR count). The van der Waals surface area contributed by atoms with Crippen molar-refractivity contribution in [3.63, 3.8) is 0 Å². The van der Waals surface area contributed by atoms with Crippen molar-refractivity contribution < 1.29 is 72.8 Å². The van der Waals surface area contributed by atoms with Crippen molar-refractivity contribution in [1.29, 1.82) is 0 Å². The molecule has 0 spiro atoms. The second-order valence-corrected chi connectivity index (χ2v) is 21.0. The summed E-state index contributed by atoms with van der Waals surface area (Å²) in [4.78, 5) is 7.70. The molecule has 1 N–H and O–H groups in total. The van der Waals surface area contributed by atoms with Gasteiger partial charge in [-0.2, -0.15) is 39.5 Å². The van der Waals surface area contributed by atoms with Gasteiger partial charge < -0.3 is 38.2 Å². The number of nitrogens with zero attached hydrogens (tertiary/aromatic N) is 1. The van der Waals surface area contributed by atoms with Crippen molar-refractivity contribution in [2.75, 3.05) is 98.2 Å². The minimum Gasteiger partial charge on any atom is -0.491 e. The highest BCUT2D eigenvalue weighted by Crippen LogP contribution is 2.62. The van der Waals surface area contributed by atoms with Crippen molar-refractivity contribution in [2.24, 2.45) is 23.2 Å². The summed E-state index contributed by atoms with van der Waals surface area (Å²) in [5, 5.41) is 0. The van der Waals surface area contributed by atoms with Gasteiger partial charge in [-0.05, 0) is 144 Å². The smallest absolute Gasteiger partial charge is 0.435 e. The van der Waals surface area contributed by atoms with Crippen molar-refractivity contribution in [3.05, 3.63) is 29.3 Å². The van der Waals surface area contributed by atoms with Gasteiger partial charge in [0, 0.05) is 50.8 Å². The first-order valence-corrected chi connectivity index (χ1v) is 25.9. The van der Waals surface area contributed by atoms with Crippen LogP contribution in [0.25, 0.3) is 0 Å². The molecule has 6 unspecified atom stereocenters. The number of benzene rings is 1. The zero-order valence-electron chi connectivity index (χ0n) is 39.2. The fraction of sp³-hybridized carbons (Fsp3) is 0.870. The Kier molecular flexibility index (Phi) is 23.8. The molecule has 0 aliphatic heterocycles. The lowest BCUT2D eigenvalue weighted by Gasteiger charge is -2.50. The molecule has 3 aliphatic rings. The number of halogens is 9. The van der Waals surface area contributed by atoms with Gasteiger partial charge in [-0.15, -0.1) is 0 Å². The number of rotatable bonds is 32. The fourth-order valence-electron chi connectivity index (χ4n) is 9.91. The van der Waals surface area contributed by atoms with E-state index in [0.717, 1.165) is 101 Å². The maximum absolute atomic E-state index is 13.2. The Morgan fingerprint density at radius 2 is 1.47 bits per heavy atom. The van der Waals surface area contributed by atoms with Gasteiger partial charge in [0.25, 0.3) is 0 Å². The minimum atomic E-state index is -6.74. The molecule has 9 nitrogen and oxygen atoms in total. The van der Waals surface area contributed by atoms with E-state index in [1.54, 1.807) is 7.05 Å². The zero-order chi connectivity index (χ0) is 48.4. The van der Waals surface area contributed by atoms with E-state index in [1.165, 1.54) is 11.1 Å². The van der Waals surface area contributed by atoms with Gasteiger partial charge in [-0.3, -0.25) is 0 Å². The van der Waals surface area contributed by atoms with Crippen molar-refractivity contribution in [1.82, 2.24) is 10.4 Å². The van der Waals surface area contributed by atoms with E-state index >= 15 is 0 Å². The van der Waals surface area contributed by atoms with Crippen LogP contribution in [0, 0.1) is 23.2 Å². The second-order valence-electron chi connectivity index (χ2n) is 18.3. The van der Waals surface area contributed by atoms with E-state index in [-0.39, 0.29) is 24.2 Å². The topological polar surface area (TPSA) is 79.9 Å². The van der Waals surface area contributed by atoms with Crippen LogP contribution in [0.2, 0.25) is 0 Å². The molecule has 6 atom stereocenters. The second kappa shape index (κ2) is 27.4. The van der Waals surface area contributed by atoms with E-state index in [2.05, 4.69) is 41.2 Å². The molecule has 0 radical (unpaired) electrons. The Labute approximate surface area is 393 Å². The fourth-order valence-corrected chi connectivity index (χ4v) is 11.8. The van der Waals surface area contributed by atoms with Gasteiger partial charge in [-0.1, -0.05) is 34.6 Å². The third-order valence-corrected chi connectivity index (χ3v) is 15.7. The number of hydrogen-bond donors (Lipinski definition) is 1. The molecule has 2 saturated carbocycles. The average molecular weight is 1000 g/mol. The maximum Gasteiger partial charge on any atom is 0.435 e. The van der Waals surface area contributed by atoms with Crippen molar-refractivity contribution >= 4 is 21.6 Å². The highest BCUT2D eigenvalue weighted by Gasteiger charge is 2.85. The van der Waals surface area contributed by atoms with Crippen LogP contribution in [0.15, 0.2) is 18.2 Å².